The number of hydrogen-bond donors (Lipinski definition) is 1. The predicted octanol–water partition coefficient (Wildman–Crippen LogP) is 3.86. The van der Waals surface area contributed by atoms with Crippen molar-refractivity contribution in [2.24, 2.45) is 11.1 Å². The Morgan fingerprint density at radius 3 is 2.48 bits per heavy atom. The second-order valence-corrected chi connectivity index (χ2v) is 7.91. The number of likely N-dealkylation sites (tertiary alicyclic amines) is 1. The molecule has 0 spiro atoms. The molecule has 2 heteroatoms. The first-order chi connectivity index (χ1) is 9.98. The Morgan fingerprint density at radius 2 is 1.81 bits per heavy atom. The normalized spacial score (nSPS) is 32.7. The van der Waals surface area contributed by atoms with Crippen LogP contribution in [0.1, 0.15) is 63.5 Å². The fourth-order valence-corrected chi connectivity index (χ4v) is 4.31. The van der Waals surface area contributed by atoms with Crippen molar-refractivity contribution < 1.29 is 0 Å². The standard InChI is InChI=1S/C19H30N2/c1-15-8-9-19(14-20,17-7-5-4-6-16(15)17)21-12-10-18(2,3)11-13-21/h4-7,15H,8-14,20H2,1-3H3. The van der Waals surface area contributed by atoms with Gasteiger partial charge in [0.1, 0.15) is 0 Å². The highest BCUT2D eigenvalue weighted by atomic mass is 15.2. The van der Waals surface area contributed by atoms with Gasteiger partial charge in [-0.15, -0.1) is 0 Å². The smallest absolute Gasteiger partial charge is 0.0586 e. The molecule has 1 aromatic rings. The van der Waals surface area contributed by atoms with E-state index >= 15 is 0 Å². The van der Waals surface area contributed by atoms with E-state index in [4.69, 9.17) is 5.73 Å². The van der Waals surface area contributed by atoms with Crippen LogP contribution in [-0.4, -0.2) is 24.5 Å². The number of benzene rings is 1. The monoisotopic (exact) mass is 286 g/mol. The fraction of sp³-hybridized carbons (Fsp3) is 0.684. The summed E-state index contributed by atoms with van der Waals surface area (Å²) in [4.78, 5) is 2.70. The van der Waals surface area contributed by atoms with Crippen LogP contribution in [0.2, 0.25) is 0 Å². The molecule has 2 atom stereocenters. The minimum absolute atomic E-state index is 0.0829. The second kappa shape index (κ2) is 5.40. The molecular weight excluding hydrogens is 256 g/mol. The van der Waals surface area contributed by atoms with Crippen LogP contribution >= 0.6 is 0 Å². The van der Waals surface area contributed by atoms with Gasteiger partial charge in [-0.3, -0.25) is 4.90 Å². The molecule has 2 unspecified atom stereocenters. The van der Waals surface area contributed by atoms with Crippen molar-refractivity contribution in [2.45, 2.75) is 57.9 Å². The first-order valence-electron chi connectivity index (χ1n) is 8.53. The van der Waals surface area contributed by atoms with E-state index in [2.05, 4.69) is 49.9 Å². The van der Waals surface area contributed by atoms with Gasteiger partial charge in [0.05, 0.1) is 5.54 Å². The van der Waals surface area contributed by atoms with Crippen LogP contribution in [0.5, 0.6) is 0 Å². The van der Waals surface area contributed by atoms with Crippen LogP contribution in [0.3, 0.4) is 0 Å². The number of hydrogen-bond acceptors (Lipinski definition) is 2. The minimum Gasteiger partial charge on any atom is -0.328 e. The lowest BCUT2D eigenvalue weighted by Gasteiger charge is -2.52. The summed E-state index contributed by atoms with van der Waals surface area (Å²) in [7, 11) is 0. The van der Waals surface area contributed by atoms with E-state index in [1.165, 1.54) is 49.9 Å². The molecule has 0 amide bonds. The van der Waals surface area contributed by atoms with E-state index in [-0.39, 0.29) is 5.54 Å². The third-order valence-corrected chi connectivity index (χ3v) is 6.04. The van der Waals surface area contributed by atoms with Gasteiger partial charge >= 0.3 is 0 Å². The molecule has 1 aliphatic heterocycles. The van der Waals surface area contributed by atoms with E-state index in [1.807, 2.05) is 0 Å². The molecule has 2 N–H and O–H groups in total. The summed E-state index contributed by atoms with van der Waals surface area (Å²) in [5, 5.41) is 0. The molecule has 0 saturated carbocycles. The van der Waals surface area contributed by atoms with Crippen molar-refractivity contribution >= 4 is 0 Å². The SMILES string of the molecule is CC1CCC(CN)(N2CCC(C)(C)CC2)c2ccccc21. The van der Waals surface area contributed by atoms with E-state index < -0.39 is 0 Å². The van der Waals surface area contributed by atoms with Crippen molar-refractivity contribution in [3.63, 3.8) is 0 Å². The van der Waals surface area contributed by atoms with Crippen molar-refractivity contribution in [2.75, 3.05) is 19.6 Å². The number of fused-ring (bicyclic) bond motifs is 1. The summed E-state index contributed by atoms with van der Waals surface area (Å²) in [5.41, 5.74) is 9.96. The maximum Gasteiger partial charge on any atom is 0.0586 e. The summed E-state index contributed by atoms with van der Waals surface area (Å²) in [6.07, 6.45) is 5.04. The van der Waals surface area contributed by atoms with E-state index in [0.717, 1.165) is 6.54 Å². The second-order valence-electron chi connectivity index (χ2n) is 7.91. The van der Waals surface area contributed by atoms with Gasteiger partial charge in [0.2, 0.25) is 0 Å². The van der Waals surface area contributed by atoms with E-state index in [0.29, 0.717) is 11.3 Å². The van der Waals surface area contributed by atoms with Crippen molar-refractivity contribution in [1.82, 2.24) is 4.90 Å². The molecule has 1 fully saturated rings. The summed E-state index contributed by atoms with van der Waals surface area (Å²) in [6.45, 7) is 10.3. The number of nitrogens with zero attached hydrogens (tertiary/aromatic N) is 1. The maximum absolute atomic E-state index is 6.36. The zero-order valence-electron chi connectivity index (χ0n) is 13.9. The molecule has 1 aromatic carbocycles. The van der Waals surface area contributed by atoms with Crippen LogP contribution < -0.4 is 5.73 Å². The van der Waals surface area contributed by atoms with E-state index in [1.54, 1.807) is 0 Å². The maximum atomic E-state index is 6.36. The van der Waals surface area contributed by atoms with Gasteiger partial charge in [0.15, 0.2) is 0 Å². The Hall–Kier alpha value is -0.860. The van der Waals surface area contributed by atoms with Gasteiger partial charge < -0.3 is 5.73 Å². The number of piperidine rings is 1. The molecule has 21 heavy (non-hydrogen) atoms. The van der Waals surface area contributed by atoms with Crippen molar-refractivity contribution in [3.8, 4) is 0 Å². The molecule has 2 aliphatic rings. The van der Waals surface area contributed by atoms with Gasteiger partial charge in [-0.25, -0.2) is 0 Å². The molecular formula is C19H30N2. The highest BCUT2D eigenvalue weighted by molar-refractivity contribution is 5.39. The lowest BCUT2D eigenvalue weighted by atomic mass is 9.70. The van der Waals surface area contributed by atoms with Gasteiger partial charge in [0, 0.05) is 6.54 Å². The molecule has 3 rings (SSSR count). The lowest BCUT2D eigenvalue weighted by Crippen LogP contribution is -2.56. The van der Waals surface area contributed by atoms with E-state index in [9.17, 15) is 0 Å². The molecule has 1 aliphatic carbocycles. The van der Waals surface area contributed by atoms with Crippen LogP contribution in [0.15, 0.2) is 24.3 Å². The number of rotatable bonds is 2. The largest absolute Gasteiger partial charge is 0.328 e. The van der Waals surface area contributed by atoms with Crippen molar-refractivity contribution in [3.05, 3.63) is 35.4 Å². The molecule has 0 bridgehead atoms. The Balaban J connectivity index is 1.96. The van der Waals surface area contributed by atoms with Gasteiger partial charge in [0.25, 0.3) is 0 Å². The Labute approximate surface area is 129 Å². The Kier molecular flexibility index (Phi) is 3.87. The van der Waals surface area contributed by atoms with Crippen LogP contribution in [0.25, 0.3) is 0 Å². The summed E-state index contributed by atoms with van der Waals surface area (Å²) >= 11 is 0. The molecule has 0 aromatic heterocycles. The van der Waals surface area contributed by atoms with Crippen LogP contribution in [-0.2, 0) is 5.54 Å². The molecule has 1 heterocycles. The fourth-order valence-electron chi connectivity index (χ4n) is 4.31. The zero-order valence-corrected chi connectivity index (χ0v) is 13.9. The summed E-state index contributed by atoms with van der Waals surface area (Å²) in [5.74, 6) is 0.669. The third-order valence-electron chi connectivity index (χ3n) is 6.04. The van der Waals surface area contributed by atoms with Gasteiger partial charge in [-0.05, 0) is 61.2 Å². The zero-order chi connectivity index (χ0) is 15.1. The topological polar surface area (TPSA) is 29.3 Å². The van der Waals surface area contributed by atoms with Crippen LogP contribution in [0.4, 0.5) is 0 Å². The third kappa shape index (κ3) is 2.53. The average Bonchev–Trinajstić information content (AvgIpc) is 2.49. The Bertz CT molecular complexity index is 498. The molecule has 116 valence electrons. The summed E-state index contributed by atoms with van der Waals surface area (Å²) < 4.78 is 0. The quantitative estimate of drug-likeness (QED) is 0.894. The highest BCUT2D eigenvalue weighted by Gasteiger charge is 2.44. The molecule has 1 saturated heterocycles. The van der Waals surface area contributed by atoms with Gasteiger partial charge in [-0.2, -0.15) is 0 Å². The van der Waals surface area contributed by atoms with Crippen LogP contribution in [0, 0.1) is 5.41 Å². The van der Waals surface area contributed by atoms with Crippen molar-refractivity contribution in [1.29, 1.82) is 0 Å². The highest BCUT2D eigenvalue weighted by Crippen LogP contribution is 2.46. The Morgan fingerprint density at radius 1 is 1.14 bits per heavy atom. The number of nitrogens with two attached hydrogens (primary N) is 1. The predicted molar refractivity (Wildman–Crippen MR) is 89.4 cm³/mol. The summed E-state index contributed by atoms with van der Waals surface area (Å²) in [6, 6.07) is 9.02. The minimum atomic E-state index is 0.0829. The first-order valence-corrected chi connectivity index (χ1v) is 8.53. The lowest BCUT2D eigenvalue weighted by molar-refractivity contribution is 0.0168. The van der Waals surface area contributed by atoms with Gasteiger partial charge in [-0.1, -0.05) is 45.0 Å². The first kappa shape index (κ1) is 15.1. The molecule has 2 nitrogen and oxygen atoms in total. The molecule has 0 radical (unpaired) electrons. The average molecular weight is 286 g/mol.